The largest absolute Gasteiger partial charge is 0.464 e. The molecule has 0 amide bonds. The third-order valence-corrected chi connectivity index (χ3v) is 4.00. The molecule has 0 aliphatic heterocycles. The normalized spacial score (nSPS) is 27.3. The minimum atomic E-state index is -3.12. The molecule has 4 rings (SSSR count). The van der Waals surface area contributed by atoms with Crippen LogP contribution >= 0.6 is 0 Å². The lowest BCUT2D eigenvalue weighted by atomic mass is 9.50. The van der Waals surface area contributed by atoms with Gasteiger partial charge in [-0.3, -0.25) is 0 Å². The zero-order valence-corrected chi connectivity index (χ0v) is 11.2. The second-order valence-electron chi connectivity index (χ2n) is 5.72. The van der Waals surface area contributed by atoms with E-state index in [0.29, 0.717) is 5.92 Å². The Bertz CT molecular complexity index is 554. The SMILES string of the molecule is COC(=O)c1cnc(C(C)(F)F)c(NC23CC(C2)C3)n1. The van der Waals surface area contributed by atoms with Crippen molar-refractivity contribution >= 4 is 11.8 Å². The molecule has 3 fully saturated rings. The van der Waals surface area contributed by atoms with Gasteiger partial charge < -0.3 is 10.1 Å². The molecular weight excluding hydrogens is 268 g/mol. The summed E-state index contributed by atoms with van der Waals surface area (Å²) in [6, 6.07) is 0. The first-order valence-corrected chi connectivity index (χ1v) is 6.45. The van der Waals surface area contributed by atoms with Crippen LogP contribution in [0.1, 0.15) is 42.4 Å². The number of alkyl halides is 2. The highest BCUT2D eigenvalue weighted by Crippen LogP contribution is 2.58. The maximum absolute atomic E-state index is 13.6. The van der Waals surface area contributed by atoms with Crippen molar-refractivity contribution in [3.8, 4) is 0 Å². The van der Waals surface area contributed by atoms with E-state index in [2.05, 4.69) is 20.0 Å². The van der Waals surface area contributed by atoms with E-state index in [9.17, 15) is 13.6 Å². The number of anilines is 1. The van der Waals surface area contributed by atoms with Crippen molar-refractivity contribution in [1.82, 2.24) is 9.97 Å². The Hall–Kier alpha value is -1.79. The fourth-order valence-electron chi connectivity index (χ4n) is 2.88. The molecule has 1 heterocycles. The first-order valence-electron chi connectivity index (χ1n) is 6.45. The summed E-state index contributed by atoms with van der Waals surface area (Å²) in [6.07, 6.45) is 3.91. The van der Waals surface area contributed by atoms with Crippen LogP contribution in [0.5, 0.6) is 0 Å². The molecule has 108 valence electrons. The average molecular weight is 283 g/mol. The topological polar surface area (TPSA) is 64.1 Å². The van der Waals surface area contributed by atoms with Crippen molar-refractivity contribution in [2.45, 2.75) is 37.6 Å². The van der Waals surface area contributed by atoms with Crippen molar-refractivity contribution in [1.29, 1.82) is 0 Å². The lowest BCUT2D eigenvalue weighted by Gasteiger charge is -2.62. The quantitative estimate of drug-likeness (QED) is 0.859. The van der Waals surface area contributed by atoms with Gasteiger partial charge >= 0.3 is 5.97 Å². The van der Waals surface area contributed by atoms with Crippen LogP contribution < -0.4 is 5.32 Å². The molecule has 3 saturated carbocycles. The van der Waals surface area contributed by atoms with Crippen molar-refractivity contribution < 1.29 is 18.3 Å². The number of halogens is 2. The maximum Gasteiger partial charge on any atom is 0.358 e. The van der Waals surface area contributed by atoms with Crippen molar-refractivity contribution in [3.05, 3.63) is 17.6 Å². The summed E-state index contributed by atoms with van der Waals surface area (Å²) < 4.78 is 31.7. The van der Waals surface area contributed by atoms with Crippen LogP contribution in [0.15, 0.2) is 6.20 Å². The Balaban J connectivity index is 1.95. The molecule has 0 saturated heterocycles. The number of carbonyl (C=O) groups excluding carboxylic acids is 1. The minimum Gasteiger partial charge on any atom is -0.464 e. The molecule has 2 bridgehead atoms. The molecule has 3 aliphatic carbocycles. The fraction of sp³-hybridized carbons (Fsp3) is 0.615. The zero-order chi connectivity index (χ0) is 14.5. The summed E-state index contributed by atoms with van der Waals surface area (Å²) in [4.78, 5) is 19.1. The monoisotopic (exact) mass is 283 g/mol. The number of carbonyl (C=O) groups is 1. The van der Waals surface area contributed by atoms with E-state index in [0.717, 1.165) is 32.4 Å². The van der Waals surface area contributed by atoms with Gasteiger partial charge in [0.15, 0.2) is 17.2 Å². The Morgan fingerprint density at radius 1 is 1.50 bits per heavy atom. The highest BCUT2D eigenvalue weighted by atomic mass is 19.3. The summed E-state index contributed by atoms with van der Waals surface area (Å²) >= 11 is 0. The summed E-state index contributed by atoms with van der Waals surface area (Å²) in [5.74, 6) is -3.12. The smallest absolute Gasteiger partial charge is 0.358 e. The third kappa shape index (κ3) is 2.01. The van der Waals surface area contributed by atoms with E-state index in [4.69, 9.17) is 0 Å². The van der Waals surface area contributed by atoms with Gasteiger partial charge in [-0.05, 0) is 25.2 Å². The molecule has 1 aromatic heterocycles. The molecule has 0 atom stereocenters. The molecule has 3 aliphatic rings. The molecule has 0 radical (unpaired) electrons. The summed E-state index contributed by atoms with van der Waals surface area (Å²) in [5, 5.41) is 3.05. The zero-order valence-electron chi connectivity index (χ0n) is 11.2. The molecule has 1 aromatic rings. The van der Waals surface area contributed by atoms with E-state index >= 15 is 0 Å². The Morgan fingerprint density at radius 3 is 2.60 bits per heavy atom. The van der Waals surface area contributed by atoms with Crippen LogP contribution in [-0.4, -0.2) is 28.6 Å². The van der Waals surface area contributed by atoms with Crippen LogP contribution in [0.2, 0.25) is 0 Å². The van der Waals surface area contributed by atoms with Gasteiger partial charge in [0.1, 0.15) is 0 Å². The molecule has 1 N–H and O–H groups in total. The molecule has 5 nitrogen and oxygen atoms in total. The molecule has 0 unspecified atom stereocenters. The standard InChI is InChI=1S/C13H15F2N3O2/c1-12(14,15)9-10(18-13-3-7(4-13)5-13)17-8(6-16-9)11(19)20-2/h6-7H,3-5H2,1-2H3,(H,17,18). The first-order chi connectivity index (χ1) is 9.33. The number of hydrogen-bond acceptors (Lipinski definition) is 5. The second kappa shape index (κ2) is 4.10. The number of hydrogen-bond donors (Lipinski definition) is 1. The minimum absolute atomic E-state index is 0.0152. The van der Waals surface area contributed by atoms with Gasteiger partial charge in [0.2, 0.25) is 0 Å². The third-order valence-electron chi connectivity index (χ3n) is 4.00. The summed E-state index contributed by atoms with van der Waals surface area (Å²) in [6.45, 7) is 0.766. The molecule has 0 aromatic carbocycles. The number of aromatic nitrogens is 2. The van der Waals surface area contributed by atoms with Gasteiger partial charge in [-0.1, -0.05) is 0 Å². The van der Waals surface area contributed by atoms with Crippen LogP contribution in [-0.2, 0) is 10.7 Å². The van der Waals surface area contributed by atoms with Gasteiger partial charge in [-0.2, -0.15) is 8.78 Å². The van der Waals surface area contributed by atoms with E-state index < -0.39 is 17.6 Å². The molecule has 20 heavy (non-hydrogen) atoms. The Morgan fingerprint density at radius 2 is 2.15 bits per heavy atom. The second-order valence-corrected chi connectivity index (χ2v) is 5.72. The number of esters is 1. The van der Waals surface area contributed by atoms with E-state index in [1.54, 1.807) is 0 Å². The number of ether oxygens (including phenoxy) is 1. The average Bonchev–Trinajstić information content (AvgIpc) is 2.29. The maximum atomic E-state index is 13.6. The summed E-state index contributed by atoms with van der Waals surface area (Å²) in [5.41, 5.74) is -0.641. The van der Waals surface area contributed by atoms with E-state index in [1.165, 1.54) is 7.11 Å². The van der Waals surface area contributed by atoms with Gasteiger partial charge in [0.25, 0.3) is 5.92 Å². The van der Waals surface area contributed by atoms with Crippen LogP contribution in [0.4, 0.5) is 14.6 Å². The Labute approximate surface area is 114 Å². The van der Waals surface area contributed by atoms with Crippen LogP contribution in [0.25, 0.3) is 0 Å². The highest BCUT2D eigenvalue weighted by molar-refractivity contribution is 5.87. The molecule has 0 spiro atoms. The number of nitrogens with zero attached hydrogens (tertiary/aromatic N) is 2. The predicted octanol–water partition coefficient (Wildman–Crippen LogP) is 2.34. The van der Waals surface area contributed by atoms with Crippen molar-refractivity contribution in [2.24, 2.45) is 5.92 Å². The lowest BCUT2D eigenvalue weighted by molar-refractivity contribution is -0.00212. The number of rotatable bonds is 4. The van der Waals surface area contributed by atoms with Gasteiger partial charge in [0.05, 0.1) is 13.3 Å². The van der Waals surface area contributed by atoms with Crippen LogP contribution in [0, 0.1) is 5.92 Å². The lowest BCUT2D eigenvalue weighted by Crippen LogP contribution is -2.63. The number of nitrogens with one attached hydrogen (secondary N) is 1. The first kappa shape index (κ1) is 13.2. The van der Waals surface area contributed by atoms with Crippen molar-refractivity contribution in [2.75, 3.05) is 12.4 Å². The van der Waals surface area contributed by atoms with Gasteiger partial charge in [0, 0.05) is 12.5 Å². The van der Waals surface area contributed by atoms with E-state index in [-0.39, 0.29) is 17.1 Å². The fourth-order valence-corrected chi connectivity index (χ4v) is 2.88. The van der Waals surface area contributed by atoms with E-state index in [1.807, 2.05) is 0 Å². The van der Waals surface area contributed by atoms with Crippen LogP contribution in [0.3, 0.4) is 0 Å². The predicted molar refractivity (Wildman–Crippen MR) is 66.6 cm³/mol. The summed E-state index contributed by atoms with van der Waals surface area (Å²) in [7, 11) is 1.21. The van der Waals surface area contributed by atoms with Crippen molar-refractivity contribution in [3.63, 3.8) is 0 Å². The highest BCUT2D eigenvalue weighted by Gasteiger charge is 2.57. The van der Waals surface area contributed by atoms with Gasteiger partial charge in [-0.15, -0.1) is 0 Å². The molecule has 7 heteroatoms. The van der Waals surface area contributed by atoms with Gasteiger partial charge in [-0.25, -0.2) is 14.8 Å². The number of methoxy groups -OCH3 is 1. The Kier molecular flexibility index (Phi) is 2.71. The molecular formula is C13H15F2N3O2.